The van der Waals surface area contributed by atoms with Gasteiger partial charge in [-0.15, -0.1) is 0 Å². The maximum atomic E-state index is 14.0. The maximum Gasteiger partial charge on any atom is 0.191 e. The fourth-order valence-corrected chi connectivity index (χ4v) is 4.06. The summed E-state index contributed by atoms with van der Waals surface area (Å²) in [6.07, 6.45) is 3.20. The van der Waals surface area contributed by atoms with E-state index in [1.807, 2.05) is 4.90 Å². The normalized spacial score (nSPS) is 22.0. The van der Waals surface area contributed by atoms with Gasteiger partial charge in [-0.3, -0.25) is 4.99 Å². The molecule has 2 aliphatic heterocycles. The van der Waals surface area contributed by atoms with E-state index in [-0.39, 0.29) is 6.04 Å². The van der Waals surface area contributed by atoms with Crippen LogP contribution in [0.2, 0.25) is 0 Å². The third-order valence-electron chi connectivity index (χ3n) is 5.76. The highest BCUT2D eigenvalue weighted by molar-refractivity contribution is 5.80. The van der Waals surface area contributed by atoms with Gasteiger partial charge < -0.3 is 25.3 Å². The van der Waals surface area contributed by atoms with E-state index in [9.17, 15) is 8.78 Å². The average molecular weight is 409 g/mol. The minimum absolute atomic E-state index is 0.187. The van der Waals surface area contributed by atoms with Crippen molar-refractivity contribution < 1.29 is 8.78 Å². The molecule has 1 atom stereocenters. The Balaban J connectivity index is 1.38. The largest absolute Gasteiger partial charge is 0.367 e. The molecule has 0 amide bonds. The Morgan fingerprint density at radius 2 is 2.03 bits per heavy atom. The van der Waals surface area contributed by atoms with Gasteiger partial charge in [0.05, 0.1) is 5.69 Å². The van der Waals surface area contributed by atoms with Gasteiger partial charge in [-0.2, -0.15) is 0 Å². The minimum Gasteiger partial charge on any atom is -0.367 e. The monoisotopic (exact) mass is 408 g/mol. The molecule has 0 aliphatic carbocycles. The Morgan fingerprint density at radius 3 is 2.83 bits per heavy atom. The van der Waals surface area contributed by atoms with Crippen molar-refractivity contribution in [2.75, 3.05) is 71.4 Å². The highest BCUT2D eigenvalue weighted by atomic mass is 19.1. The van der Waals surface area contributed by atoms with Crippen molar-refractivity contribution in [1.82, 2.24) is 20.4 Å². The molecule has 2 fully saturated rings. The fourth-order valence-electron chi connectivity index (χ4n) is 4.06. The van der Waals surface area contributed by atoms with Crippen molar-refractivity contribution in [3.8, 4) is 0 Å². The number of rotatable bonds is 6. The van der Waals surface area contributed by atoms with Gasteiger partial charge in [-0.25, -0.2) is 8.78 Å². The highest BCUT2D eigenvalue weighted by Gasteiger charge is 2.25. The van der Waals surface area contributed by atoms with Crippen LogP contribution < -0.4 is 15.5 Å². The second-order valence-electron chi connectivity index (χ2n) is 8.02. The van der Waals surface area contributed by atoms with Gasteiger partial charge in [0.1, 0.15) is 11.6 Å². The second-order valence-corrected chi connectivity index (χ2v) is 8.02. The van der Waals surface area contributed by atoms with E-state index in [4.69, 9.17) is 0 Å². The zero-order valence-electron chi connectivity index (χ0n) is 17.6. The van der Waals surface area contributed by atoms with Crippen LogP contribution in [0.4, 0.5) is 14.5 Å². The van der Waals surface area contributed by atoms with Crippen LogP contribution in [0.3, 0.4) is 0 Å². The van der Waals surface area contributed by atoms with Crippen LogP contribution in [0.1, 0.15) is 19.3 Å². The lowest BCUT2D eigenvalue weighted by Crippen LogP contribution is -2.45. The molecular weight excluding hydrogens is 374 g/mol. The number of halogens is 2. The molecule has 2 N–H and O–H groups in total. The Labute approximate surface area is 172 Å². The topological polar surface area (TPSA) is 46.1 Å². The van der Waals surface area contributed by atoms with Crippen molar-refractivity contribution in [3.05, 3.63) is 29.8 Å². The van der Waals surface area contributed by atoms with E-state index in [0.717, 1.165) is 57.6 Å². The predicted molar refractivity (Wildman–Crippen MR) is 115 cm³/mol. The van der Waals surface area contributed by atoms with Crippen LogP contribution in [0.15, 0.2) is 23.2 Å². The molecule has 0 saturated carbocycles. The Bertz CT molecular complexity index is 683. The average Bonchev–Trinajstić information content (AvgIpc) is 3.05. The van der Waals surface area contributed by atoms with E-state index >= 15 is 0 Å². The highest BCUT2D eigenvalue weighted by Crippen LogP contribution is 2.24. The van der Waals surface area contributed by atoms with Gasteiger partial charge in [0, 0.05) is 51.9 Å². The molecule has 162 valence electrons. The van der Waals surface area contributed by atoms with Crippen LogP contribution in [0.5, 0.6) is 0 Å². The molecule has 2 saturated heterocycles. The van der Waals surface area contributed by atoms with Gasteiger partial charge >= 0.3 is 0 Å². The summed E-state index contributed by atoms with van der Waals surface area (Å²) in [7, 11) is 3.96. The molecule has 29 heavy (non-hydrogen) atoms. The first-order chi connectivity index (χ1) is 14.0. The van der Waals surface area contributed by atoms with E-state index in [2.05, 4.69) is 32.5 Å². The number of likely N-dealkylation sites (N-methyl/N-ethyl adjacent to an activating group) is 1. The van der Waals surface area contributed by atoms with Crippen LogP contribution in [0.25, 0.3) is 0 Å². The summed E-state index contributed by atoms with van der Waals surface area (Å²) in [4.78, 5) is 11.2. The number of guanidine groups is 1. The molecular formula is C21H34F2N6. The summed E-state index contributed by atoms with van der Waals surface area (Å²) in [5, 5.41) is 6.82. The first-order valence-electron chi connectivity index (χ1n) is 10.6. The van der Waals surface area contributed by atoms with Gasteiger partial charge in [-0.1, -0.05) is 0 Å². The number of nitrogens with one attached hydrogen (secondary N) is 2. The molecule has 1 unspecified atom stereocenters. The third kappa shape index (κ3) is 6.54. The minimum atomic E-state index is -0.545. The standard InChI is InChI=1S/C21H34F2N6/c1-24-21(25-8-3-10-28-11-4-9-27(2)13-14-28)26-18-7-12-29(16-18)20-6-5-17(22)15-19(20)23/h5-6,15,18H,3-4,7-14,16H2,1-2H3,(H2,24,25,26). The van der Waals surface area contributed by atoms with Gasteiger partial charge in [-0.05, 0) is 58.1 Å². The summed E-state index contributed by atoms with van der Waals surface area (Å²) in [5.41, 5.74) is 0.460. The molecule has 1 aromatic carbocycles. The Kier molecular flexibility index (Phi) is 8.06. The summed E-state index contributed by atoms with van der Waals surface area (Å²) in [6.45, 7) is 8.02. The van der Waals surface area contributed by atoms with Crippen molar-refractivity contribution in [1.29, 1.82) is 0 Å². The van der Waals surface area contributed by atoms with E-state index in [0.29, 0.717) is 12.2 Å². The molecule has 8 heteroatoms. The first kappa shape index (κ1) is 21.8. The van der Waals surface area contributed by atoms with Crippen molar-refractivity contribution >= 4 is 11.6 Å². The second kappa shape index (κ2) is 10.7. The molecule has 0 aromatic heterocycles. The van der Waals surface area contributed by atoms with Gasteiger partial charge in [0.15, 0.2) is 5.96 Å². The van der Waals surface area contributed by atoms with Gasteiger partial charge in [0.2, 0.25) is 0 Å². The summed E-state index contributed by atoms with van der Waals surface area (Å²) >= 11 is 0. The number of anilines is 1. The molecule has 1 aromatic rings. The molecule has 0 spiro atoms. The number of aliphatic imine (C=N–C) groups is 1. The summed E-state index contributed by atoms with van der Waals surface area (Å²) in [6, 6.07) is 3.95. The van der Waals surface area contributed by atoms with E-state index in [1.54, 1.807) is 7.05 Å². The smallest absolute Gasteiger partial charge is 0.191 e. The van der Waals surface area contributed by atoms with Crippen molar-refractivity contribution in [2.24, 2.45) is 4.99 Å². The lowest BCUT2D eigenvalue weighted by atomic mass is 10.2. The maximum absolute atomic E-state index is 14.0. The van der Waals surface area contributed by atoms with Crippen LogP contribution in [-0.4, -0.2) is 88.3 Å². The number of hydrogen-bond acceptors (Lipinski definition) is 4. The molecule has 3 rings (SSSR count). The van der Waals surface area contributed by atoms with Gasteiger partial charge in [0.25, 0.3) is 0 Å². The number of hydrogen-bond donors (Lipinski definition) is 2. The van der Waals surface area contributed by atoms with Crippen LogP contribution in [-0.2, 0) is 0 Å². The number of benzene rings is 1. The molecule has 2 heterocycles. The molecule has 2 aliphatic rings. The lowest BCUT2D eigenvalue weighted by Gasteiger charge is -2.22. The van der Waals surface area contributed by atoms with E-state index in [1.165, 1.54) is 31.6 Å². The van der Waals surface area contributed by atoms with Crippen LogP contribution >= 0.6 is 0 Å². The predicted octanol–water partition coefficient (Wildman–Crippen LogP) is 1.74. The number of nitrogens with zero attached hydrogens (tertiary/aromatic N) is 4. The zero-order chi connectivity index (χ0) is 20.6. The molecule has 0 bridgehead atoms. The summed E-state index contributed by atoms with van der Waals surface area (Å²) < 4.78 is 27.2. The van der Waals surface area contributed by atoms with Crippen LogP contribution in [0, 0.1) is 11.6 Å². The first-order valence-corrected chi connectivity index (χ1v) is 10.6. The van der Waals surface area contributed by atoms with Crippen molar-refractivity contribution in [3.63, 3.8) is 0 Å². The lowest BCUT2D eigenvalue weighted by molar-refractivity contribution is 0.274. The zero-order valence-corrected chi connectivity index (χ0v) is 17.6. The Hall–Kier alpha value is -1.93. The third-order valence-corrected chi connectivity index (χ3v) is 5.76. The SMILES string of the molecule is CN=C(NCCCN1CCCN(C)CC1)NC1CCN(c2ccc(F)cc2F)C1. The van der Waals surface area contributed by atoms with Crippen molar-refractivity contribution in [2.45, 2.75) is 25.3 Å². The summed E-state index contributed by atoms with van der Waals surface area (Å²) in [5.74, 6) is -0.267. The quantitative estimate of drug-likeness (QED) is 0.427. The van der Waals surface area contributed by atoms with E-state index < -0.39 is 11.6 Å². The molecule has 0 radical (unpaired) electrons. The molecule has 6 nitrogen and oxygen atoms in total. The fraction of sp³-hybridized carbons (Fsp3) is 0.667. The Morgan fingerprint density at radius 1 is 1.17 bits per heavy atom.